The molecule has 44 heavy (non-hydrogen) atoms. The molecule has 0 fully saturated rings. The van der Waals surface area contributed by atoms with E-state index < -0.39 is 18.0 Å². The van der Waals surface area contributed by atoms with Crippen LogP contribution in [-0.4, -0.2) is 92.4 Å². The van der Waals surface area contributed by atoms with E-state index >= 15 is 0 Å². The van der Waals surface area contributed by atoms with Crippen molar-refractivity contribution in [1.82, 2.24) is 16.0 Å². The van der Waals surface area contributed by atoms with Crippen LogP contribution < -0.4 is 16.0 Å². The highest BCUT2D eigenvalue weighted by molar-refractivity contribution is 5.79. The third-order valence-electron chi connectivity index (χ3n) is 7.23. The van der Waals surface area contributed by atoms with Crippen LogP contribution in [0.5, 0.6) is 0 Å². The summed E-state index contributed by atoms with van der Waals surface area (Å²) in [5, 5.41) is 26.1. The van der Waals surface area contributed by atoms with Crippen LogP contribution >= 0.6 is 0 Å². The first-order valence-electron chi connectivity index (χ1n) is 16.6. The summed E-state index contributed by atoms with van der Waals surface area (Å²) in [6, 6.07) is -0.557. The minimum Gasteiger partial charge on any atom is -0.481 e. The van der Waals surface area contributed by atoms with Gasteiger partial charge in [0.25, 0.3) is 0 Å². The van der Waals surface area contributed by atoms with Gasteiger partial charge >= 0.3 is 11.9 Å². The number of carboxylic acid groups (broad SMARTS) is 2. The van der Waals surface area contributed by atoms with Gasteiger partial charge in [0.05, 0.1) is 19.8 Å². The van der Waals surface area contributed by atoms with Crippen molar-refractivity contribution in [2.45, 2.75) is 128 Å². The van der Waals surface area contributed by atoms with Crippen LogP contribution in [0, 0.1) is 0 Å². The summed E-state index contributed by atoms with van der Waals surface area (Å²) in [5.41, 5.74) is 0. The number of aliphatic carboxylic acids is 2. The second kappa shape index (κ2) is 30.5. The number of unbranched alkanes of at least 4 members (excludes halogenated alkanes) is 9. The highest BCUT2D eigenvalue weighted by Crippen LogP contribution is 2.10. The average Bonchev–Trinajstić information content (AvgIpc) is 2.98. The van der Waals surface area contributed by atoms with Crippen LogP contribution in [0.15, 0.2) is 0 Å². The predicted octanol–water partition coefficient (Wildman–Crippen LogP) is 3.99. The number of amides is 2. The van der Waals surface area contributed by atoms with E-state index in [1.807, 2.05) is 0 Å². The third kappa shape index (κ3) is 29.5. The first kappa shape index (κ1) is 41.4. The molecule has 0 saturated heterocycles. The highest BCUT2D eigenvalue weighted by Gasteiger charge is 2.13. The largest absolute Gasteiger partial charge is 0.481 e. The molecule has 0 rings (SSSR count). The third-order valence-corrected chi connectivity index (χ3v) is 7.23. The SMILES string of the molecule is CN[C@@H](CCCCNC(=O)CCCCC(=O)CCOCCOCCCNC(=O)CCCCCCCCCCC(=O)O)C(=O)O. The van der Waals surface area contributed by atoms with Crippen molar-refractivity contribution in [2.24, 2.45) is 0 Å². The molecule has 0 unspecified atom stereocenters. The van der Waals surface area contributed by atoms with Crippen molar-refractivity contribution in [1.29, 1.82) is 0 Å². The molecule has 0 aromatic heterocycles. The van der Waals surface area contributed by atoms with Gasteiger partial charge in [0.15, 0.2) is 0 Å². The van der Waals surface area contributed by atoms with Gasteiger partial charge in [-0.3, -0.25) is 24.0 Å². The van der Waals surface area contributed by atoms with Crippen LogP contribution in [0.2, 0.25) is 0 Å². The van der Waals surface area contributed by atoms with Gasteiger partial charge in [0.1, 0.15) is 11.8 Å². The Bertz CT molecular complexity index is 780. The van der Waals surface area contributed by atoms with E-state index in [-0.39, 0.29) is 24.0 Å². The molecule has 0 aliphatic rings. The lowest BCUT2D eigenvalue weighted by molar-refractivity contribution is -0.139. The molecule has 0 bridgehead atoms. The molecule has 256 valence electrons. The molecule has 0 aliphatic heterocycles. The fraction of sp³-hybridized carbons (Fsp3) is 0.844. The summed E-state index contributed by atoms with van der Waals surface area (Å²) in [6.45, 7) is 2.83. The molecule has 2 amide bonds. The van der Waals surface area contributed by atoms with Gasteiger partial charge in [-0.05, 0) is 58.4 Å². The van der Waals surface area contributed by atoms with E-state index in [0.717, 1.165) is 64.2 Å². The zero-order valence-electron chi connectivity index (χ0n) is 27.0. The molecule has 0 aliphatic carbocycles. The number of ether oxygens (including phenoxy) is 2. The number of ketones is 1. The van der Waals surface area contributed by atoms with Gasteiger partial charge in [-0.2, -0.15) is 0 Å². The van der Waals surface area contributed by atoms with Gasteiger partial charge in [-0.25, -0.2) is 0 Å². The number of hydrogen-bond acceptors (Lipinski definition) is 8. The Morgan fingerprint density at radius 3 is 1.61 bits per heavy atom. The molecule has 5 N–H and O–H groups in total. The highest BCUT2D eigenvalue weighted by atomic mass is 16.5. The number of rotatable bonds is 33. The number of Topliss-reactive ketones (excluding diaryl/α,β-unsaturated/α-hetero) is 1. The van der Waals surface area contributed by atoms with Crippen molar-refractivity contribution in [3.63, 3.8) is 0 Å². The minimum absolute atomic E-state index is 0.0475. The Morgan fingerprint density at radius 2 is 1.05 bits per heavy atom. The number of carbonyl (C=O) groups excluding carboxylic acids is 3. The second-order valence-electron chi connectivity index (χ2n) is 11.2. The molecule has 0 heterocycles. The summed E-state index contributed by atoms with van der Waals surface area (Å²) in [7, 11) is 1.62. The minimum atomic E-state index is -0.868. The molecule has 0 radical (unpaired) electrons. The van der Waals surface area contributed by atoms with Crippen molar-refractivity contribution in [2.75, 3.05) is 46.6 Å². The van der Waals surface area contributed by atoms with Crippen molar-refractivity contribution in [3.05, 3.63) is 0 Å². The molecule has 0 saturated carbocycles. The molecule has 12 heteroatoms. The fourth-order valence-electron chi connectivity index (χ4n) is 4.53. The lowest BCUT2D eigenvalue weighted by Gasteiger charge is -2.10. The van der Waals surface area contributed by atoms with Crippen molar-refractivity contribution < 1.29 is 43.7 Å². The number of likely N-dealkylation sites (N-methyl/N-ethyl adjacent to an activating group) is 1. The number of carboxylic acids is 2. The summed E-state index contributed by atoms with van der Waals surface area (Å²) < 4.78 is 11.0. The summed E-state index contributed by atoms with van der Waals surface area (Å²) in [5.74, 6) is -1.45. The smallest absolute Gasteiger partial charge is 0.320 e. The van der Waals surface area contributed by atoms with Crippen LogP contribution in [0.25, 0.3) is 0 Å². The number of nitrogens with one attached hydrogen (secondary N) is 3. The van der Waals surface area contributed by atoms with Gasteiger partial charge in [-0.1, -0.05) is 38.5 Å². The number of carbonyl (C=O) groups is 5. The van der Waals surface area contributed by atoms with Gasteiger partial charge in [0.2, 0.25) is 11.8 Å². The summed E-state index contributed by atoms with van der Waals surface area (Å²) in [4.78, 5) is 57.2. The Kier molecular flexibility index (Phi) is 28.7. The predicted molar refractivity (Wildman–Crippen MR) is 169 cm³/mol. The van der Waals surface area contributed by atoms with Crippen molar-refractivity contribution in [3.8, 4) is 0 Å². The molecule has 0 aromatic rings. The first-order valence-corrected chi connectivity index (χ1v) is 16.6. The van der Waals surface area contributed by atoms with E-state index in [2.05, 4.69) is 16.0 Å². The fourth-order valence-corrected chi connectivity index (χ4v) is 4.53. The van der Waals surface area contributed by atoms with E-state index in [1.54, 1.807) is 7.05 Å². The van der Waals surface area contributed by atoms with E-state index in [4.69, 9.17) is 19.7 Å². The maximum absolute atomic E-state index is 12.0. The Balaban J connectivity index is 3.40. The normalized spacial score (nSPS) is 11.7. The Hall–Kier alpha value is -2.57. The zero-order valence-corrected chi connectivity index (χ0v) is 27.0. The summed E-state index contributed by atoms with van der Waals surface area (Å²) in [6.07, 6.45) is 14.0. The molecular weight excluding hydrogens is 570 g/mol. The lowest BCUT2D eigenvalue weighted by Crippen LogP contribution is -2.33. The van der Waals surface area contributed by atoms with E-state index in [1.165, 1.54) is 0 Å². The molecular formula is C32H59N3O9. The first-order chi connectivity index (χ1) is 21.3. The standard InChI is InChI=1S/C32H59N3O9/c1-33-28(32(41)42)16-12-13-21-34-30(38)18-11-10-15-27(36)20-24-44-26-25-43-23-14-22-35-29(37)17-8-6-4-2-3-5-7-9-19-31(39)40/h28,33H,2-26H2,1H3,(H,34,38)(H,35,37)(H,39,40)(H,41,42)/t28-/m0/s1. The maximum atomic E-state index is 12.0. The quantitative estimate of drug-likeness (QED) is 0.0666. The van der Waals surface area contributed by atoms with Crippen molar-refractivity contribution >= 4 is 29.5 Å². The Labute approximate surface area is 263 Å². The Morgan fingerprint density at radius 1 is 0.545 bits per heavy atom. The van der Waals surface area contributed by atoms with Crippen LogP contribution in [0.3, 0.4) is 0 Å². The lowest BCUT2D eigenvalue weighted by atomic mass is 10.1. The zero-order chi connectivity index (χ0) is 32.7. The monoisotopic (exact) mass is 629 g/mol. The van der Waals surface area contributed by atoms with E-state index in [9.17, 15) is 24.0 Å². The van der Waals surface area contributed by atoms with Gasteiger partial charge in [-0.15, -0.1) is 0 Å². The summed E-state index contributed by atoms with van der Waals surface area (Å²) >= 11 is 0. The van der Waals surface area contributed by atoms with Gasteiger partial charge < -0.3 is 35.6 Å². The van der Waals surface area contributed by atoms with Crippen LogP contribution in [0.4, 0.5) is 0 Å². The van der Waals surface area contributed by atoms with E-state index in [0.29, 0.717) is 90.9 Å². The second-order valence-corrected chi connectivity index (χ2v) is 11.2. The number of hydrogen-bond donors (Lipinski definition) is 5. The molecule has 1 atom stereocenters. The average molecular weight is 630 g/mol. The van der Waals surface area contributed by atoms with Crippen LogP contribution in [0.1, 0.15) is 122 Å². The van der Waals surface area contributed by atoms with Gasteiger partial charge in [0, 0.05) is 51.8 Å². The topological polar surface area (TPSA) is 180 Å². The molecule has 12 nitrogen and oxygen atoms in total. The molecule has 0 spiro atoms. The van der Waals surface area contributed by atoms with Crippen LogP contribution in [-0.2, 0) is 33.4 Å². The maximum Gasteiger partial charge on any atom is 0.320 e. The molecule has 0 aromatic carbocycles.